The zero-order chi connectivity index (χ0) is 12.8. The molecular weight excluding hydrogens is 206 g/mol. The molecule has 0 bridgehead atoms. The van der Waals surface area contributed by atoms with Crippen molar-refractivity contribution in [2.45, 2.75) is 46.6 Å². The number of rotatable bonds is 6. The third kappa shape index (κ3) is 5.47. The van der Waals surface area contributed by atoms with Crippen LogP contribution in [-0.2, 0) is 14.3 Å². The van der Waals surface area contributed by atoms with E-state index in [0.29, 0.717) is 19.6 Å². The van der Waals surface area contributed by atoms with E-state index in [1.807, 2.05) is 34.6 Å². The van der Waals surface area contributed by atoms with Crippen LogP contribution in [0.5, 0.6) is 0 Å². The van der Waals surface area contributed by atoms with Crippen LogP contribution in [0.2, 0.25) is 0 Å². The lowest BCUT2D eigenvalue weighted by molar-refractivity contribution is -0.157. The van der Waals surface area contributed by atoms with Gasteiger partial charge in [0, 0.05) is 6.54 Å². The highest BCUT2D eigenvalue weighted by Gasteiger charge is 2.31. The van der Waals surface area contributed by atoms with E-state index in [9.17, 15) is 4.79 Å². The Kier molecular flexibility index (Phi) is 5.97. The lowest BCUT2D eigenvalue weighted by Gasteiger charge is -2.24. The molecule has 0 aromatic carbocycles. The van der Waals surface area contributed by atoms with Crippen LogP contribution < -0.4 is 5.73 Å². The fourth-order valence-corrected chi connectivity index (χ4v) is 1.03. The molecule has 4 heteroatoms. The van der Waals surface area contributed by atoms with Crippen LogP contribution in [0.25, 0.3) is 0 Å². The molecule has 1 unspecified atom stereocenters. The third-order valence-electron chi connectivity index (χ3n) is 2.58. The lowest BCUT2D eigenvalue weighted by Crippen LogP contribution is -2.37. The minimum Gasteiger partial charge on any atom is -0.463 e. The SMILES string of the molecule is CCC(C)(CN)C(=O)OCCOC(C)(C)C. The standard InChI is InChI=1S/C12H25NO3/c1-6-12(5,9-13)10(14)15-7-8-16-11(2,3)4/h6-9,13H2,1-5H3. The topological polar surface area (TPSA) is 61.6 Å². The highest BCUT2D eigenvalue weighted by molar-refractivity contribution is 5.76. The fourth-order valence-electron chi connectivity index (χ4n) is 1.03. The van der Waals surface area contributed by atoms with Crippen LogP contribution >= 0.6 is 0 Å². The van der Waals surface area contributed by atoms with Gasteiger partial charge >= 0.3 is 5.97 Å². The van der Waals surface area contributed by atoms with Crippen molar-refractivity contribution in [3.8, 4) is 0 Å². The summed E-state index contributed by atoms with van der Waals surface area (Å²) >= 11 is 0. The van der Waals surface area contributed by atoms with Gasteiger partial charge in [0.25, 0.3) is 0 Å². The molecule has 0 aliphatic rings. The first-order chi connectivity index (χ1) is 7.25. The molecule has 0 heterocycles. The number of nitrogens with two attached hydrogens (primary N) is 1. The van der Waals surface area contributed by atoms with Gasteiger partial charge in [0.2, 0.25) is 0 Å². The van der Waals surface area contributed by atoms with Crippen molar-refractivity contribution in [1.29, 1.82) is 0 Å². The van der Waals surface area contributed by atoms with Crippen LogP contribution in [0.4, 0.5) is 0 Å². The van der Waals surface area contributed by atoms with Gasteiger partial charge in [-0.2, -0.15) is 0 Å². The van der Waals surface area contributed by atoms with E-state index in [1.165, 1.54) is 0 Å². The number of hydrogen-bond acceptors (Lipinski definition) is 4. The van der Waals surface area contributed by atoms with Crippen LogP contribution in [0.1, 0.15) is 41.0 Å². The molecule has 2 N–H and O–H groups in total. The minimum atomic E-state index is -0.568. The van der Waals surface area contributed by atoms with Gasteiger partial charge in [-0.15, -0.1) is 0 Å². The first-order valence-corrected chi connectivity index (χ1v) is 5.76. The maximum Gasteiger partial charge on any atom is 0.313 e. The van der Waals surface area contributed by atoms with Gasteiger partial charge in [0.1, 0.15) is 6.61 Å². The largest absolute Gasteiger partial charge is 0.463 e. The molecule has 0 aliphatic heterocycles. The molecule has 0 saturated carbocycles. The summed E-state index contributed by atoms with van der Waals surface area (Å²) in [7, 11) is 0. The Morgan fingerprint density at radius 1 is 1.19 bits per heavy atom. The summed E-state index contributed by atoms with van der Waals surface area (Å²) in [6.07, 6.45) is 0.683. The molecule has 0 spiro atoms. The molecule has 0 radical (unpaired) electrons. The van der Waals surface area contributed by atoms with E-state index in [-0.39, 0.29) is 18.2 Å². The highest BCUT2D eigenvalue weighted by Crippen LogP contribution is 2.21. The lowest BCUT2D eigenvalue weighted by atomic mass is 9.88. The van der Waals surface area contributed by atoms with Gasteiger partial charge in [0.05, 0.1) is 17.6 Å². The van der Waals surface area contributed by atoms with Gasteiger partial charge in [-0.05, 0) is 34.1 Å². The van der Waals surface area contributed by atoms with Crippen LogP contribution in [0, 0.1) is 5.41 Å². The molecule has 96 valence electrons. The quantitative estimate of drug-likeness (QED) is 0.558. The molecule has 0 rings (SSSR count). The predicted molar refractivity (Wildman–Crippen MR) is 64.1 cm³/mol. The molecule has 0 amide bonds. The van der Waals surface area contributed by atoms with Crippen molar-refractivity contribution in [3.05, 3.63) is 0 Å². The highest BCUT2D eigenvalue weighted by atomic mass is 16.6. The Morgan fingerprint density at radius 3 is 2.12 bits per heavy atom. The van der Waals surface area contributed by atoms with E-state index >= 15 is 0 Å². The number of hydrogen-bond donors (Lipinski definition) is 1. The molecule has 1 atom stereocenters. The first-order valence-electron chi connectivity index (χ1n) is 5.76. The molecule has 0 aliphatic carbocycles. The number of carbonyl (C=O) groups excluding carboxylic acids is 1. The summed E-state index contributed by atoms with van der Waals surface area (Å²) in [4.78, 5) is 11.7. The second kappa shape index (κ2) is 6.21. The van der Waals surface area contributed by atoms with Crippen LogP contribution in [-0.4, -0.2) is 31.3 Å². The van der Waals surface area contributed by atoms with Crippen molar-refractivity contribution in [2.24, 2.45) is 11.1 Å². The number of ether oxygens (including phenoxy) is 2. The van der Waals surface area contributed by atoms with Gasteiger partial charge < -0.3 is 15.2 Å². The molecule has 0 saturated heterocycles. The average Bonchev–Trinajstić information content (AvgIpc) is 2.21. The Bertz CT molecular complexity index is 217. The molecule has 0 aromatic heterocycles. The van der Waals surface area contributed by atoms with Gasteiger partial charge in [0.15, 0.2) is 0 Å². The molecule has 0 fully saturated rings. The third-order valence-corrected chi connectivity index (χ3v) is 2.58. The van der Waals surface area contributed by atoms with Crippen LogP contribution in [0.3, 0.4) is 0 Å². The Labute approximate surface area is 98.5 Å². The van der Waals surface area contributed by atoms with Crippen molar-refractivity contribution in [2.75, 3.05) is 19.8 Å². The minimum absolute atomic E-state index is 0.200. The van der Waals surface area contributed by atoms with E-state index in [2.05, 4.69) is 0 Å². The summed E-state index contributed by atoms with van der Waals surface area (Å²) in [6.45, 7) is 10.6. The first kappa shape index (κ1) is 15.4. The van der Waals surface area contributed by atoms with Crippen molar-refractivity contribution >= 4 is 5.97 Å². The van der Waals surface area contributed by atoms with Gasteiger partial charge in [-0.3, -0.25) is 4.79 Å². The maximum atomic E-state index is 11.7. The normalized spacial score (nSPS) is 15.6. The molecule has 16 heavy (non-hydrogen) atoms. The average molecular weight is 231 g/mol. The molecule has 4 nitrogen and oxygen atoms in total. The van der Waals surface area contributed by atoms with E-state index in [4.69, 9.17) is 15.2 Å². The Hall–Kier alpha value is -0.610. The fraction of sp³-hybridized carbons (Fsp3) is 0.917. The molecular formula is C12H25NO3. The van der Waals surface area contributed by atoms with Crippen molar-refractivity contribution < 1.29 is 14.3 Å². The summed E-state index contributed by atoms with van der Waals surface area (Å²) in [5, 5.41) is 0. The molecule has 0 aromatic rings. The van der Waals surface area contributed by atoms with E-state index in [0.717, 1.165) is 0 Å². The van der Waals surface area contributed by atoms with Gasteiger partial charge in [-0.25, -0.2) is 0 Å². The summed E-state index contributed by atoms with van der Waals surface area (Å²) in [5.41, 5.74) is 4.79. The Balaban J connectivity index is 3.90. The van der Waals surface area contributed by atoms with Crippen molar-refractivity contribution in [1.82, 2.24) is 0 Å². The van der Waals surface area contributed by atoms with Crippen molar-refractivity contribution in [3.63, 3.8) is 0 Å². The number of esters is 1. The zero-order valence-electron chi connectivity index (χ0n) is 11.1. The smallest absolute Gasteiger partial charge is 0.313 e. The van der Waals surface area contributed by atoms with E-state index in [1.54, 1.807) is 0 Å². The number of carbonyl (C=O) groups is 1. The summed E-state index contributed by atoms with van der Waals surface area (Å²) in [5.74, 6) is -0.241. The van der Waals surface area contributed by atoms with Crippen LogP contribution in [0.15, 0.2) is 0 Å². The second-order valence-corrected chi connectivity index (χ2v) is 5.22. The second-order valence-electron chi connectivity index (χ2n) is 5.22. The summed E-state index contributed by atoms with van der Waals surface area (Å²) < 4.78 is 10.6. The summed E-state index contributed by atoms with van der Waals surface area (Å²) in [6, 6.07) is 0. The van der Waals surface area contributed by atoms with Gasteiger partial charge in [-0.1, -0.05) is 6.92 Å². The zero-order valence-corrected chi connectivity index (χ0v) is 11.1. The van der Waals surface area contributed by atoms with E-state index < -0.39 is 5.41 Å². The maximum absolute atomic E-state index is 11.7. The Morgan fingerprint density at radius 2 is 1.75 bits per heavy atom. The predicted octanol–water partition coefficient (Wildman–Crippen LogP) is 1.72. The monoisotopic (exact) mass is 231 g/mol.